The second-order valence-electron chi connectivity index (χ2n) is 11.9. The van der Waals surface area contributed by atoms with Crippen LogP contribution in [0.1, 0.15) is 68.0 Å². The zero-order chi connectivity index (χ0) is 30.4. The number of ether oxygens (including phenoxy) is 2. The number of hydrogen-bond donors (Lipinski definition) is 1. The van der Waals surface area contributed by atoms with Gasteiger partial charge in [-0.1, -0.05) is 20.8 Å². The van der Waals surface area contributed by atoms with Crippen LogP contribution in [0.3, 0.4) is 0 Å². The molecule has 1 saturated heterocycles. The van der Waals surface area contributed by atoms with Gasteiger partial charge in [0.2, 0.25) is 0 Å². The number of hydrogen-bond acceptors (Lipinski definition) is 11. The van der Waals surface area contributed by atoms with Gasteiger partial charge in [-0.05, 0) is 51.9 Å². The van der Waals surface area contributed by atoms with Crippen LogP contribution in [0.25, 0.3) is 0 Å². The third-order valence-corrected chi connectivity index (χ3v) is 13.6. The summed E-state index contributed by atoms with van der Waals surface area (Å²) in [4.78, 5) is 28.6. The third kappa shape index (κ3) is 8.79. The summed E-state index contributed by atoms with van der Waals surface area (Å²) in [6.07, 6.45) is -1.54. The van der Waals surface area contributed by atoms with Gasteiger partial charge in [-0.15, -0.1) is 0 Å². The predicted octanol–water partition coefficient (Wildman–Crippen LogP) is 4.34. The Labute approximate surface area is 240 Å². The molecule has 1 aliphatic rings. The van der Waals surface area contributed by atoms with Crippen LogP contribution in [0, 0.1) is 11.3 Å². The molecule has 1 aromatic heterocycles. The number of nitrogens with two attached hydrogens (primary N) is 1. The number of esters is 1. The normalized spacial score (nSPS) is 22.6. The summed E-state index contributed by atoms with van der Waals surface area (Å²) in [6, 6.07) is 3.74. The lowest BCUT2D eigenvalue weighted by atomic mass is 10.1. The third-order valence-electron chi connectivity index (χ3n) is 6.97. The van der Waals surface area contributed by atoms with Crippen molar-refractivity contribution in [1.82, 2.24) is 14.2 Å². The molecule has 2 heterocycles. The van der Waals surface area contributed by atoms with E-state index in [4.69, 9.17) is 33.9 Å². The second-order valence-corrected chi connectivity index (χ2v) is 18.0. The van der Waals surface area contributed by atoms with Gasteiger partial charge in [-0.2, -0.15) is 10.2 Å². The fourth-order valence-electron chi connectivity index (χ4n) is 4.05. The van der Waals surface area contributed by atoms with Gasteiger partial charge in [0.05, 0.1) is 19.1 Å². The lowest BCUT2D eigenvalue weighted by Gasteiger charge is -2.42. The lowest BCUT2D eigenvalue weighted by molar-refractivity contribution is -0.147. The Hall–Kier alpha value is -1.91. The zero-order valence-corrected chi connectivity index (χ0v) is 27.3. The van der Waals surface area contributed by atoms with Crippen molar-refractivity contribution >= 4 is 28.6 Å². The van der Waals surface area contributed by atoms with Crippen molar-refractivity contribution in [1.29, 1.82) is 5.26 Å². The highest BCUT2D eigenvalue weighted by atomic mass is 31.2. The molecule has 1 fully saturated rings. The molecule has 0 amide bonds. The van der Waals surface area contributed by atoms with Gasteiger partial charge in [-0.25, -0.2) is 9.46 Å². The van der Waals surface area contributed by atoms with Crippen LogP contribution < -0.4 is 11.4 Å². The molecular weight excluding hydrogens is 553 g/mol. The Morgan fingerprint density at radius 1 is 1.27 bits per heavy atom. The highest BCUT2D eigenvalue weighted by molar-refractivity contribution is 7.44. The number of carbonyl (C=O) groups excluding carboxylic acids is 1. The first kappa shape index (κ1) is 34.3. The molecule has 14 heteroatoms. The summed E-state index contributed by atoms with van der Waals surface area (Å²) in [5, 5.41) is 8.96. The van der Waals surface area contributed by atoms with Crippen molar-refractivity contribution in [2.75, 3.05) is 18.9 Å². The predicted molar refractivity (Wildman–Crippen MR) is 156 cm³/mol. The summed E-state index contributed by atoms with van der Waals surface area (Å²) in [5.41, 5.74) is 5.16. The maximum absolute atomic E-state index is 13.0. The minimum absolute atomic E-state index is 0.0573. The molecule has 12 nitrogen and oxygen atoms in total. The topological polar surface area (TPSA) is 151 Å². The zero-order valence-electron chi connectivity index (χ0n) is 25.4. The van der Waals surface area contributed by atoms with E-state index in [1.54, 1.807) is 0 Å². The molecule has 0 aliphatic carbocycles. The number of nitrogens with zero attached hydrogens (tertiary/aromatic N) is 4. The van der Waals surface area contributed by atoms with Crippen molar-refractivity contribution < 1.29 is 27.7 Å². The summed E-state index contributed by atoms with van der Waals surface area (Å²) in [7, 11) is -4.16. The largest absolute Gasteiger partial charge is 0.463 e. The van der Waals surface area contributed by atoms with Crippen LogP contribution in [-0.4, -0.2) is 72.1 Å². The molecule has 1 aliphatic heterocycles. The summed E-state index contributed by atoms with van der Waals surface area (Å²) in [5.74, 6) is -0.387. The van der Waals surface area contributed by atoms with E-state index in [2.05, 4.69) is 49.6 Å². The van der Waals surface area contributed by atoms with Crippen LogP contribution in [-0.2, 0) is 27.7 Å². The standard InChI is InChI=1S/C26H46N5O7PSi/c1-17(2)31(18(3)4)39(35-15-11-13-27)37-22-20(16-34-19(5)32)36-24(30-14-12-21(28)29-25(30)33)23(22)38-40(9,10)26(6,7)8/h12,14,17-18,20,22-24H,11,15-16H2,1-10H3,(H2,28,29,33)/t20-,22-,23-,24-,39?/m1/s1. The monoisotopic (exact) mass is 599 g/mol. The summed E-state index contributed by atoms with van der Waals surface area (Å²) in [6.45, 7) is 20.1. The number of aromatic nitrogens is 2. The Morgan fingerprint density at radius 2 is 1.90 bits per heavy atom. The average molecular weight is 600 g/mol. The highest BCUT2D eigenvalue weighted by Gasteiger charge is 2.53. The van der Waals surface area contributed by atoms with Gasteiger partial charge >= 0.3 is 11.7 Å². The molecular formula is C26H46N5O7PSi. The van der Waals surface area contributed by atoms with Crippen molar-refractivity contribution in [2.45, 2.75) is 117 Å². The van der Waals surface area contributed by atoms with E-state index in [9.17, 15) is 9.59 Å². The van der Waals surface area contributed by atoms with E-state index >= 15 is 0 Å². The van der Waals surface area contributed by atoms with E-state index in [0.717, 1.165) is 0 Å². The number of rotatable bonds is 13. The highest BCUT2D eigenvalue weighted by Crippen LogP contribution is 2.51. The van der Waals surface area contributed by atoms with Crippen molar-refractivity contribution in [3.63, 3.8) is 0 Å². The van der Waals surface area contributed by atoms with E-state index in [-0.39, 0.29) is 42.6 Å². The average Bonchev–Trinajstić information content (AvgIpc) is 3.12. The number of nitrogen functional groups attached to an aromatic ring is 1. The van der Waals surface area contributed by atoms with E-state index in [1.165, 1.54) is 23.8 Å². The van der Waals surface area contributed by atoms with Gasteiger partial charge in [0.1, 0.15) is 30.7 Å². The molecule has 1 unspecified atom stereocenters. The number of nitriles is 1. The molecule has 0 radical (unpaired) electrons. The van der Waals surface area contributed by atoms with Crippen molar-refractivity contribution in [3.8, 4) is 6.07 Å². The lowest BCUT2D eigenvalue weighted by Crippen LogP contribution is -2.50. The minimum Gasteiger partial charge on any atom is -0.463 e. The Bertz CT molecular complexity index is 1080. The van der Waals surface area contributed by atoms with Gasteiger partial charge < -0.3 is 28.7 Å². The Kier molecular flexibility index (Phi) is 12.3. The summed E-state index contributed by atoms with van der Waals surface area (Å²) < 4.78 is 35.0. The molecule has 0 bridgehead atoms. The van der Waals surface area contributed by atoms with E-state index in [1.807, 2.05) is 27.7 Å². The van der Waals surface area contributed by atoms with Gasteiger partial charge in [0.25, 0.3) is 8.53 Å². The van der Waals surface area contributed by atoms with Crippen molar-refractivity contribution in [3.05, 3.63) is 22.7 Å². The molecule has 0 spiro atoms. The van der Waals surface area contributed by atoms with Crippen LogP contribution in [0.5, 0.6) is 0 Å². The van der Waals surface area contributed by atoms with E-state index < -0.39 is 53.0 Å². The number of carbonyl (C=O) groups is 1. The molecule has 0 aromatic carbocycles. The maximum atomic E-state index is 13.0. The second kappa shape index (κ2) is 14.3. The quantitative estimate of drug-likeness (QED) is 0.149. The van der Waals surface area contributed by atoms with Crippen LogP contribution >= 0.6 is 8.53 Å². The number of anilines is 1. The molecule has 0 saturated carbocycles. The van der Waals surface area contributed by atoms with Crippen LogP contribution in [0.2, 0.25) is 18.1 Å². The Balaban J connectivity index is 2.65. The summed E-state index contributed by atoms with van der Waals surface area (Å²) >= 11 is 0. The molecule has 40 heavy (non-hydrogen) atoms. The SMILES string of the molecule is CC(=O)OC[C@H]1O[C@@H](n2ccc(N)nc2=O)[C@H](O[Si](C)(C)C(C)(C)C)[C@@H]1OP(OCCC#N)N(C(C)C)C(C)C. The van der Waals surface area contributed by atoms with Gasteiger partial charge in [0, 0.05) is 25.2 Å². The van der Waals surface area contributed by atoms with E-state index in [0.29, 0.717) is 0 Å². The molecule has 2 N–H and O–H groups in total. The van der Waals surface area contributed by atoms with Crippen LogP contribution in [0.15, 0.2) is 17.1 Å². The van der Waals surface area contributed by atoms with Gasteiger partial charge in [0.15, 0.2) is 14.5 Å². The fraction of sp³-hybridized carbons (Fsp3) is 0.769. The molecule has 5 atom stereocenters. The minimum atomic E-state index is -2.46. The van der Waals surface area contributed by atoms with Crippen LogP contribution in [0.4, 0.5) is 5.82 Å². The molecule has 2 rings (SSSR count). The Morgan fingerprint density at radius 3 is 2.40 bits per heavy atom. The smallest absolute Gasteiger partial charge is 0.351 e. The molecule has 226 valence electrons. The maximum Gasteiger partial charge on any atom is 0.351 e. The fourth-order valence-corrected chi connectivity index (χ4v) is 7.11. The van der Waals surface area contributed by atoms with Gasteiger partial charge in [-0.3, -0.25) is 9.36 Å². The first-order chi connectivity index (χ1) is 18.5. The molecule has 1 aromatic rings. The first-order valence-corrected chi connectivity index (χ1v) is 17.6. The van der Waals surface area contributed by atoms with Crippen molar-refractivity contribution in [2.24, 2.45) is 0 Å². The first-order valence-electron chi connectivity index (χ1n) is 13.6.